The molecular formula is C20H23N5O2S2. The van der Waals surface area contributed by atoms with E-state index in [0.29, 0.717) is 43.4 Å². The fourth-order valence-electron chi connectivity index (χ4n) is 3.27. The van der Waals surface area contributed by atoms with Crippen LogP contribution in [0.15, 0.2) is 46.9 Å². The third-order valence-electron chi connectivity index (χ3n) is 5.14. The summed E-state index contributed by atoms with van der Waals surface area (Å²) < 4.78 is 27.5. The van der Waals surface area contributed by atoms with Crippen molar-refractivity contribution in [3.8, 4) is 10.8 Å². The van der Waals surface area contributed by atoms with Crippen LogP contribution >= 0.6 is 11.3 Å². The van der Waals surface area contributed by atoms with E-state index >= 15 is 0 Å². The number of sulfonamides is 1. The summed E-state index contributed by atoms with van der Waals surface area (Å²) in [7, 11) is -3.45. The molecule has 0 saturated carbocycles. The Labute approximate surface area is 175 Å². The first-order valence-electron chi connectivity index (χ1n) is 9.45. The van der Waals surface area contributed by atoms with Crippen molar-refractivity contribution in [2.24, 2.45) is 0 Å². The van der Waals surface area contributed by atoms with Gasteiger partial charge in [-0.25, -0.2) is 23.4 Å². The first-order valence-corrected chi connectivity index (χ1v) is 11.8. The second-order valence-electron chi connectivity index (χ2n) is 7.14. The van der Waals surface area contributed by atoms with Gasteiger partial charge in [-0.3, -0.25) is 4.90 Å². The predicted octanol–water partition coefficient (Wildman–Crippen LogP) is 2.72. The molecule has 0 unspecified atom stereocenters. The van der Waals surface area contributed by atoms with Crippen LogP contribution in [-0.4, -0.2) is 58.8 Å². The van der Waals surface area contributed by atoms with E-state index in [2.05, 4.69) is 19.9 Å². The number of benzene rings is 1. The Morgan fingerprint density at radius 3 is 2.45 bits per heavy atom. The number of hydrogen-bond donors (Lipinski definition) is 0. The van der Waals surface area contributed by atoms with Gasteiger partial charge in [-0.1, -0.05) is 6.07 Å². The average Bonchev–Trinajstić information content (AvgIpc) is 3.19. The van der Waals surface area contributed by atoms with Crippen LogP contribution < -0.4 is 0 Å². The van der Waals surface area contributed by atoms with Gasteiger partial charge in [0.15, 0.2) is 10.8 Å². The summed E-state index contributed by atoms with van der Waals surface area (Å²) in [4.78, 5) is 15.7. The zero-order chi connectivity index (χ0) is 20.4. The first kappa shape index (κ1) is 20.1. The van der Waals surface area contributed by atoms with Crippen molar-refractivity contribution >= 4 is 21.4 Å². The van der Waals surface area contributed by atoms with E-state index in [0.717, 1.165) is 21.8 Å². The summed E-state index contributed by atoms with van der Waals surface area (Å²) in [6.07, 6.45) is 3.41. The van der Waals surface area contributed by atoms with Gasteiger partial charge in [-0.05, 0) is 43.2 Å². The SMILES string of the molecule is Cc1ccc(S(=O)(=O)N2CCN(Cc3csc(-c4ncccn4)n3)CC2)cc1C. The number of hydrogen-bond acceptors (Lipinski definition) is 7. The van der Waals surface area contributed by atoms with E-state index in [1.54, 1.807) is 34.9 Å². The maximum absolute atomic E-state index is 13.0. The molecule has 4 rings (SSSR count). The van der Waals surface area contributed by atoms with E-state index in [9.17, 15) is 8.42 Å². The van der Waals surface area contributed by atoms with Gasteiger partial charge in [0, 0.05) is 50.5 Å². The smallest absolute Gasteiger partial charge is 0.243 e. The van der Waals surface area contributed by atoms with Gasteiger partial charge < -0.3 is 0 Å². The van der Waals surface area contributed by atoms with Crippen molar-refractivity contribution in [3.63, 3.8) is 0 Å². The van der Waals surface area contributed by atoms with Crippen molar-refractivity contribution in [1.82, 2.24) is 24.2 Å². The van der Waals surface area contributed by atoms with Gasteiger partial charge in [0.05, 0.1) is 10.6 Å². The molecule has 0 radical (unpaired) electrons. The maximum Gasteiger partial charge on any atom is 0.243 e. The van der Waals surface area contributed by atoms with Crippen LogP contribution in [0.5, 0.6) is 0 Å². The third-order valence-corrected chi connectivity index (χ3v) is 7.92. The molecule has 7 nitrogen and oxygen atoms in total. The van der Waals surface area contributed by atoms with Crippen LogP contribution in [0, 0.1) is 13.8 Å². The minimum atomic E-state index is -3.45. The second kappa shape index (κ2) is 8.27. The van der Waals surface area contributed by atoms with E-state index in [-0.39, 0.29) is 0 Å². The Balaban J connectivity index is 1.38. The van der Waals surface area contributed by atoms with Crippen molar-refractivity contribution in [1.29, 1.82) is 0 Å². The van der Waals surface area contributed by atoms with Crippen LogP contribution in [0.4, 0.5) is 0 Å². The standard InChI is InChI=1S/C20H23N5O2S2/c1-15-4-5-18(12-16(15)2)29(26,27)25-10-8-24(9-11-25)13-17-14-28-20(23-17)19-21-6-3-7-22-19/h3-7,12,14H,8-11,13H2,1-2H3. The van der Waals surface area contributed by atoms with Crippen molar-refractivity contribution in [3.05, 3.63) is 58.9 Å². The molecule has 29 heavy (non-hydrogen) atoms. The number of aromatic nitrogens is 3. The highest BCUT2D eigenvalue weighted by Gasteiger charge is 2.29. The highest BCUT2D eigenvalue weighted by molar-refractivity contribution is 7.89. The van der Waals surface area contributed by atoms with Gasteiger partial charge >= 0.3 is 0 Å². The molecule has 0 aliphatic carbocycles. The Hall–Kier alpha value is -2.20. The lowest BCUT2D eigenvalue weighted by atomic mass is 10.1. The molecule has 1 aliphatic heterocycles. The normalized spacial score (nSPS) is 16.2. The highest BCUT2D eigenvalue weighted by Crippen LogP contribution is 2.23. The van der Waals surface area contributed by atoms with Crippen LogP contribution in [0.1, 0.15) is 16.8 Å². The molecule has 1 saturated heterocycles. The van der Waals surface area contributed by atoms with Gasteiger partial charge in [-0.15, -0.1) is 11.3 Å². The van der Waals surface area contributed by atoms with E-state index in [4.69, 9.17) is 0 Å². The Bertz CT molecular complexity index is 1090. The lowest BCUT2D eigenvalue weighted by molar-refractivity contribution is 0.180. The minimum absolute atomic E-state index is 0.376. The molecule has 152 valence electrons. The molecule has 0 bridgehead atoms. The fourth-order valence-corrected chi connectivity index (χ4v) is 5.54. The largest absolute Gasteiger partial charge is 0.295 e. The van der Waals surface area contributed by atoms with Crippen LogP contribution in [0.2, 0.25) is 0 Å². The molecule has 1 fully saturated rings. The van der Waals surface area contributed by atoms with Crippen LogP contribution in [0.25, 0.3) is 10.8 Å². The zero-order valence-electron chi connectivity index (χ0n) is 16.4. The Morgan fingerprint density at radius 2 is 1.76 bits per heavy atom. The molecule has 9 heteroatoms. The molecular weight excluding hydrogens is 406 g/mol. The van der Waals surface area contributed by atoms with Gasteiger partial charge in [0.25, 0.3) is 0 Å². The van der Waals surface area contributed by atoms with Crippen LogP contribution in [-0.2, 0) is 16.6 Å². The minimum Gasteiger partial charge on any atom is -0.295 e. The summed E-state index contributed by atoms with van der Waals surface area (Å²) in [5.41, 5.74) is 3.05. The number of piperazine rings is 1. The molecule has 0 N–H and O–H groups in total. The van der Waals surface area contributed by atoms with Crippen molar-refractivity contribution < 1.29 is 8.42 Å². The van der Waals surface area contributed by atoms with Gasteiger partial charge in [0.2, 0.25) is 10.0 Å². The molecule has 0 spiro atoms. The van der Waals surface area contributed by atoms with Crippen LogP contribution in [0.3, 0.4) is 0 Å². The van der Waals surface area contributed by atoms with Gasteiger partial charge in [-0.2, -0.15) is 4.31 Å². The summed E-state index contributed by atoms with van der Waals surface area (Å²) in [6, 6.07) is 7.12. The monoisotopic (exact) mass is 429 g/mol. The average molecular weight is 430 g/mol. The second-order valence-corrected chi connectivity index (χ2v) is 9.94. The van der Waals surface area contributed by atoms with Gasteiger partial charge in [0.1, 0.15) is 0 Å². The fraction of sp³-hybridized carbons (Fsp3) is 0.350. The Morgan fingerprint density at radius 1 is 1.03 bits per heavy atom. The first-order chi connectivity index (χ1) is 13.9. The number of nitrogens with zero attached hydrogens (tertiary/aromatic N) is 5. The molecule has 0 amide bonds. The quantitative estimate of drug-likeness (QED) is 0.621. The highest BCUT2D eigenvalue weighted by atomic mass is 32.2. The zero-order valence-corrected chi connectivity index (χ0v) is 18.1. The lowest BCUT2D eigenvalue weighted by Crippen LogP contribution is -2.48. The molecule has 0 atom stereocenters. The summed E-state index contributed by atoms with van der Waals surface area (Å²) >= 11 is 1.53. The lowest BCUT2D eigenvalue weighted by Gasteiger charge is -2.33. The van der Waals surface area contributed by atoms with Crippen molar-refractivity contribution in [2.75, 3.05) is 26.2 Å². The molecule has 1 aliphatic rings. The number of rotatable bonds is 5. The molecule has 3 heterocycles. The van der Waals surface area contributed by atoms with E-state index in [1.807, 2.05) is 25.3 Å². The summed E-state index contributed by atoms with van der Waals surface area (Å²) in [6.45, 7) is 6.94. The third kappa shape index (κ3) is 4.37. The van der Waals surface area contributed by atoms with Crippen molar-refractivity contribution in [2.45, 2.75) is 25.3 Å². The number of thiazole rings is 1. The topological polar surface area (TPSA) is 79.3 Å². The van der Waals surface area contributed by atoms with E-state index < -0.39 is 10.0 Å². The molecule has 3 aromatic rings. The van der Waals surface area contributed by atoms with E-state index in [1.165, 1.54) is 11.3 Å². The number of aryl methyl sites for hydroxylation is 2. The summed E-state index contributed by atoms with van der Waals surface area (Å²) in [5.74, 6) is 0.632. The molecule has 1 aromatic carbocycles. The maximum atomic E-state index is 13.0. The Kier molecular flexibility index (Phi) is 5.73. The molecule has 2 aromatic heterocycles. The predicted molar refractivity (Wildman–Crippen MR) is 113 cm³/mol. The summed E-state index contributed by atoms with van der Waals surface area (Å²) in [5, 5.41) is 2.82.